The largest absolute Gasteiger partial charge is 0.381 e. The Balaban J connectivity index is 1.94. The molecule has 1 N–H and O–H groups in total. The van der Waals surface area contributed by atoms with Crippen molar-refractivity contribution in [3.63, 3.8) is 0 Å². The van der Waals surface area contributed by atoms with Crippen LogP contribution in [0.2, 0.25) is 5.02 Å². The molecule has 0 spiro atoms. The van der Waals surface area contributed by atoms with E-state index >= 15 is 0 Å². The lowest BCUT2D eigenvalue weighted by Crippen LogP contribution is -2.41. The van der Waals surface area contributed by atoms with Crippen LogP contribution in [-0.2, 0) is 6.54 Å². The van der Waals surface area contributed by atoms with Gasteiger partial charge in [-0.25, -0.2) is 0 Å². The lowest BCUT2D eigenvalue weighted by atomic mass is 10.1. The van der Waals surface area contributed by atoms with Gasteiger partial charge in [0.15, 0.2) is 0 Å². The number of nitrogens with one attached hydrogen (secondary N) is 1. The highest BCUT2D eigenvalue weighted by atomic mass is 35.5. The molecule has 98 valence electrons. The highest BCUT2D eigenvalue weighted by molar-refractivity contribution is 6.31. The SMILES string of the molecule is CC1CNc2ccccc2N1Cc1ccccc1Cl. The molecule has 0 amide bonds. The minimum Gasteiger partial charge on any atom is -0.381 e. The first-order valence-electron chi connectivity index (χ1n) is 6.58. The standard InChI is InChI=1S/C16H17ClN2/c1-12-10-18-15-8-4-5-9-16(15)19(12)11-13-6-2-3-7-14(13)17/h2-9,12,18H,10-11H2,1H3. The molecule has 1 aliphatic heterocycles. The number of rotatable bonds is 2. The summed E-state index contributed by atoms with van der Waals surface area (Å²) in [4.78, 5) is 2.41. The first kappa shape index (κ1) is 12.4. The fraction of sp³-hybridized carbons (Fsp3) is 0.250. The van der Waals surface area contributed by atoms with Crippen LogP contribution < -0.4 is 10.2 Å². The predicted octanol–water partition coefficient (Wildman–Crippen LogP) is 4.16. The summed E-state index contributed by atoms with van der Waals surface area (Å²) in [6.45, 7) is 4.04. The van der Waals surface area contributed by atoms with Gasteiger partial charge in [-0.3, -0.25) is 0 Å². The normalized spacial score (nSPS) is 17.8. The van der Waals surface area contributed by atoms with E-state index in [2.05, 4.69) is 47.5 Å². The number of nitrogens with zero attached hydrogens (tertiary/aromatic N) is 1. The molecule has 2 nitrogen and oxygen atoms in total. The van der Waals surface area contributed by atoms with Gasteiger partial charge in [0.05, 0.1) is 11.4 Å². The summed E-state index contributed by atoms with van der Waals surface area (Å²) in [5.41, 5.74) is 3.63. The summed E-state index contributed by atoms with van der Waals surface area (Å²) in [7, 11) is 0. The topological polar surface area (TPSA) is 15.3 Å². The molecule has 19 heavy (non-hydrogen) atoms. The molecule has 1 unspecified atom stereocenters. The molecule has 0 aliphatic carbocycles. The third kappa shape index (κ3) is 2.41. The zero-order chi connectivity index (χ0) is 13.2. The van der Waals surface area contributed by atoms with Crippen LogP contribution in [0, 0.1) is 0 Å². The van der Waals surface area contributed by atoms with E-state index in [-0.39, 0.29) is 0 Å². The van der Waals surface area contributed by atoms with Gasteiger partial charge in [0.1, 0.15) is 0 Å². The second-order valence-electron chi connectivity index (χ2n) is 4.97. The number of anilines is 2. The van der Waals surface area contributed by atoms with Crippen LogP contribution in [0.25, 0.3) is 0 Å². The summed E-state index contributed by atoms with van der Waals surface area (Å²) in [5, 5.41) is 4.31. The predicted molar refractivity (Wildman–Crippen MR) is 82.0 cm³/mol. The van der Waals surface area contributed by atoms with Crippen LogP contribution in [0.5, 0.6) is 0 Å². The van der Waals surface area contributed by atoms with Crippen molar-refractivity contribution in [2.45, 2.75) is 19.5 Å². The quantitative estimate of drug-likeness (QED) is 0.883. The first-order valence-corrected chi connectivity index (χ1v) is 6.96. The second-order valence-corrected chi connectivity index (χ2v) is 5.37. The van der Waals surface area contributed by atoms with Crippen molar-refractivity contribution in [2.24, 2.45) is 0 Å². The van der Waals surface area contributed by atoms with Gasteiger partial charge < -0.3 is 10.2 Å². The van der Waals surface area contributed by atoms with Crippen LogP contribution in [-0.4, -0.2) is 12.6 Å². The maximum absolute atomic E-state index is 6.28. The third-order valence-electron chi connectivity index (χ3n) is 3.63. The summed E-state index contributed by atoms with van der Waals surface area (Å²) in [6.07, 6.45) is 0. The maximum atomic E-state index is 6.28. The van der Waals surface area contributed by atoms with E-state index in [9.17, 15) is 0 Å². The third-order valence-corrected chi connectivity index (χ3v) is 4.00. The van der Waals surface area contributed by atoms with Gasteiger partial charge in [-0.2, -0.15) is 0 Å². The Labute approximate surface area is 119 Å². The molecular formula is C16H17ClN2. The zero-order valence-corrected chi connectivity index (χ0v) is 11.7. The number of halogens is 1. The Morgan fingerprint density at radius 1 is 1.16 bits per heavy atom. The zero-order valence-electron chi connectivity index (χ0n) is 10.9. The Kier molecular flexibility index (Phi) is 3.34. The van der Waals surface area contributed by atoms with Crippen molar-refractivity contribution in [3.05, 3.63) is 59.1 Å². The molecule has 1 aliphatic rings. The summed E-state index contributed by atoms with van der Waals surface area (Å²) in [6, 6.07) is 16.9. The number of fused-ring (bicyclic) bond motifs is 1. The first-order chi connectivity index (χ1) is 9.25. The van der Waals surface area contributed by atoms with Crippen molar-refractivity contribution in [1.82, 2.24) is 0 Å². The highest BCUT2D eigenvalue weighted by Gasteiger charge is 2.22. The molecule has 0 radical (unpaired) electrons. The number of para-hydroxylation sites is 2. The number of hydrogen-bond acceptors (Lipinski definition) is 2. The monoisotopic (exact) mass is 272 g/mol. The molecular weight excluding hydrogens is 256 g/mol. The fourth-order valence-electron chi connectivity index (χ4n) is 2.53. The second kappa shape index (κ2) is 5.14. The summed E-state index contributed by atoms with van der Waals surface area (Å²) >= 11 is 6.28. The Bertz CT molecular complexity index is 582. The van der Waals surface area contributed by atoms with E-state index in [1.807, 2.05) is 18.2 Å². The van der Waals surface area contributed by atoms with Gasteiger partial charge in [0.25, 0.3) is 0 Å². The summed E-state index contributed by atoms with van der Waals surface area (Å²) in [5.74, 6) is 0. The van der Waals surface area contributed by atoms with Crippen molar-refractivity contribution in [2.75, 3.05) is 16.8 Å². The molecule has 2 aromatic rings. The summed E-state index contributed by atoms with van der Waals surface area (Å²) < 4.78 is 0. The molecule has 0 aromatic heterocycles. The minimum atomic E-state index is 0.450. The Hall–Kier alpha value is -1.67. The van der Waals surface area contributed by atoms with Crippen LogP contribution >= 0.6 is 11.6 Å². The molecule has 0 bridgehead atoms. The molecule has 0 fully saturated rings. The van der Waals surface area contributed by atoms with Gasteiger partial charge in [-0.15, -0.1) is 0 Å². The molecule has 3 rings (SSSR count). The lowest BCUT2D eigenvalue weighted by molar-refractivity contribution is 0.641. The Morgan fingerprint density at radius 2 is 1.89 bits per heavy atom. The highest BCUT2D eigenvalue weighted by Crippen LogP contribution is 2.33. The van der Waals surface area contributed by atoms with Crippen molar-refractivity contribution in [1.29, 1.82) is 0 Å². The van der Waals surface area contributed by atoms with E-state index in [1.165, 1.54) is 16.9 Å². The van der Waals surface area contributed by atoms with Crippen LogP contribution in [0.3, 0.4) is 0 Å². The molecule has 0 saturated carbocycles. The van der Waals surface area contributed by atoms with Gasteiger partial charge in [-0.1, -0.05) is 41.9 Å². The lowest BCUT2D eigenvalue weighted by Gasteiger charge is -2.38. The van der Waals surface area contributed by atoms with E-state index in [1.54, 1.807) is 0 Å². The smallest absolute Gasteiger partial charge is 0.0608 e. The number of hydrogen-bond donors (Lipinski definition) is 1. The fourth-order valence-corrected chi connectivity index (χ4v) is 2.73. The van der Waals surface area contributed by atoms with Crippen molar-refractivity contribution < 1.29 is 0 Å². The maximum Gasteiger partial charge on any atom is 0.0608 e. The van der Waals surface area contributed by atoms with Gasteiger partial charge >= 0.3 is 0 Å². The molecule has 1 heterocycles. The van der Waals surface area contributed by atoms with E-state index < -0.39 is 0 Å². The average molecular weight is 273 g/mol. The van der Waals surface area contributed by atoms with E-state index in [0.29, 0.717) is 6.04 Å². The molecule has 2 aromatic carbocycles. The van der Waals surface area contributed by atoms with Crippen molar-refractivity contribution >= 4 is 23.0 Å². The Morgan fingerprint density at radius 3 is 2.74 bits per heavy atom. The van der Waals surface area contributed by atoms with E-state index in [0.717, 1.165) is 18.1 Å². The van der Waals surface area contributed by atoms with Crippen LogP contribution in [0.4, 0.5) is 11.4 Å². The molecule has 3 heteroatoms. The molecule has 1 atom stereocenters. The number of benzene rings is 2. The average Bonchev–Trinajstić information content (AvgIpc) is 2.44. The molecule has 0 saturated heterocycles. The van der Waals surface area contributed by atoms with Gasteiger partial charge in [0, 0.05) is 24.2 Å². The van der Waals surface area contributed by atoms with Gasteiger partial charge in [0.2, 0.25) is 0 Å². The van der Waals surface area contributed by atoms with Crippen LogP contribution in [0.15, 0.2) is 48.5 Å². The minimum absolute atomic E-state index is 0.450. The van der Waals surface area contributed by atoms with Crippen molar-refractivity contribution in [3.8, 4) is 0 Å². The van der Waals surface area contributed by atoms with E-state index in [4.69, 9.17) is 11.6 Å². The van der Waals surface area contributed by atoms with Crippen LogP contribution in [0.1, 0.15) is 12.5 Å². The van der Waals surface area contributed by atoms with Gasteiger partial charge in [-0.05, 0) is 30.7 Å².